The van der Waals surface area contributed by atoms with Crippen LogP contribution in [0.15, 0.2) is 24.3 Å². The van der Waals surface area contributed by atoms with Gasteiger partial charge in [0.2, 0.25) is 5.91 Å². The van der Waals surface area contributed by atoms with Crippen LogP contribution in [0.25, 0.3) is 0 Å². The fourth-order valence-corrected chi connectivity index (χ4v) is 1.85. The lowest BCUT2D eigenvalue weighted by molar-refractivity contribution is -0.145. The lowest BCUT2D eigenvalue weighted by Crippen LogP contribution is -2.40. The van der Waals surface area contributed by atoms with Gasteiger partial charge in [-0.1, -0.05) is 0 Å². The Morgan fingerprint density at radius 2 is 1.71 bits per heavy atom. The highest BCUT2D eigenvalue weighted by molar-refractivity contribution is 5.98. The summed E-state index contributed by atoms with van der Waals surface area (Å²) in [5.74, 6) is -2.19. The SMILES string of the molecule is CC(C)N(CC(=O)O)C(=O)CCC(=O)c1ccc(F)cc1. The van der Waals surface area contributed by atoms with Crippen LogP contribution in [-0.4, -0.2) is 40.3 Å². The van der Waals surface area contributed by atoms with E-state index in [1.165, 1.54) is 29.2 Å². The second-order valence-electron chi connectivity index (χ2n) is 4.94. The number of carbonyl (C=O) groups is 3. The van der Waals surface area contributed by atoms with E-state index in [9.17, 15) is 18.8 Å². The quantitative estimate of drug-likeness (QED) is 0.782. The third kappa shape index (κ3) is 5.33. The monoisotopic (exact) mass is 295 g/mol. The molecule has 0 saturated carbocycles. The van der Waals surface area contributed by atoms with Crippen molar-refractivity contribution in [1.82, 2.24) is 4.90 Å². The van der Waals surface area contributed by atoms with Gasteiger partial charge in [-0.25, -0.2) is 4.39 Å². The van der Waals surface area contributed by atoms with E-state index in [4.69, 9.17) is 5.11 Å². The van der Waals surface area contributed by atoms with Gasteiger partial charge < -0.3 is 10.0 Å². The second-order valence-corrected chi connectivity index (χ2v) is 4.94. The molecule has 0 spiro atoms. The number of rotatable bonds is 7. The molecule has 0 heterocycles. The Bertz CT molecular complexity index is 525. The maximum Gasteiger partial charge on any atom is 0.323 e. The minimum atomic E-state index is -1.10. The molecule has 21 heavy (non-hydrogen) atoms. The minimum Gasteiger partial charge on any atom is -0.480 e. The van der Waals surface area contributed by atoms with Gasteiger partial charge in [0.25, 0.3) is 0 Å². The Morgan fingerprint density at radius 1 is 1.14 bits per heavy atom. The van der Waals surface area contributed by atoms with Gasteiger partial charge in [0.15, 0.2) is 5.78 Å². The summed E-state index contributed by atoms with van der Waals surface area (Å²) in [5, 5.41) is 8.77. The van der Waals surface area contributed by atoms with Gasteiger partial charge >= 0.3 is 5.97 Å². The van der Waals surface area contributed by atoms with Crippen LogP contribution in [0.3, 0.4) is 0 Å². The summed E-state index contributed by atoms with van der Waals surface area (Å²) in [5.41, 5.74) is 0.332. The van der Waals surface area contributed by atoms with E-state index in [2.05, 4.69) is 0 Å². The smallest absolute Gasteiger partial charge is 0.323 e. The molecule has 0 bridgehead atoms. The number of hydrogen-bond acceptors (Lipinski definition) is 3. The van der Waals surface area contributed by atoms with E-state index in [0.29, 0.717) is 5.56 Å². The first-order chi connectivity index (χ1) is 9.81. The summed E-state index contributed by atoms with van der Waals surface area (Å²) in [6, 6.07) is 4.83. The number of carboxylic acids is 1. The Labute approximate surface area is 122 Å². The molecule has 0 aliphatic rings. The van der Waals surface area contributed by atoms with Crippen molar-refractivity contribution < 1.29 is 23.9 Å². The van der Waals surface area contributed by atoms with Crippen LogP contribution in [-0.2, 0) is 9.59 Å². The number of Topliss-reactive ketones (excluding diaryl/α,β-unsaturated/α-hetero) is 1. The molecule has 0 unspecified atom stereocenters. The Kier molecular flexibility index (Phi) is 6.02. The molecule has 1 rings (SSSR count). The molecule has 5 nitrogen and oxygen atoms in total. The number of benzene rings is 1. The summed E-state index contributed by atoms with van der Waals surface area (Å²) in [7, 11) is 0. The van der Waals surface area contributed by atoms with Gasteiger partial charge in [0.1, 0.15) is 12.4 Å². The number of aliphatic carboxylic acids is 1. The number of hydrogen-bond donors (Lipinski definition) is 1. The van der Waals surface area contributed by atoms with E-state index in [1.54, 1.807) is 13.8 Å². The van der Waals surface area contributed by atoms with Gasteiger partial charge in [-0.3, -0.25) is 14.4 Å². The van der Waals surface area contributed by atoms with Crippen LogP contribution in [0.5, 0.6) is 0 Å². The topological polar surface area (TPSA) is 74.7 Å². The highest BCUT2D eigenvalue weighted by atomic mass is 19.1. The van der Waals surface area contributed by atoms with Crippen LogP contribution in [0.1, 0.15) is 37.0 Å². The molecule has 114 valence electrons. The van der Waals surface area contributed by atoms with Crippen LogP contribution in [0.2, 0.25) is 0 Å². The summed E-state index contributed by atoms with van der Waals surface area (Å²) in [6.45, 7) is 3.03. The molecule has 0 aromatic heterocycles. The summed E-state index contributed by atoms with van der Waals surface area (Å²) in [4.78, 5) is 35.7. The van der Waals surface area contributed by atoms with Gasteiger partial charge in [0.05, 0.1) is 0 Å². The Balaban J connectivity index is 2.60. The number of nitrogens with zero attached hydrogens (tertiary/aromatic N) is 1. The van der Waals surface area contributed by atoms with E-state index in [-0.39, 0.29) is 37.1 Å². The first kappa shape index (κ1) is 16.8. The van der Waals surface area contributed by atoms with Crippen LogP contribution in [0, 0.1) is 5.82 Å². The van der Waals surface area contributed by atoms with E-state index < -0.39 is 11.8 Å². The fourth-order valence-electron chi connectivity index (χ4n) is 1.85. The van der Waals surface area contributed by atoms with Crippen molar-refractivity contribution in [2.75, 3.05) is 6.54 Å². The van der Waals surface area contributed by atoms with Crippen LogP contribution < -0.4 is 0 Å². The molecule has 0 fully saturated rings. The van der Waals surface area contributed by atoms with Crippen molar-refractivity contribution in [3.63, 3.8) is 0 Å². The first-order valence-electron chi connectivity index (χ1n) is 6.61. The fraction of sp³-hybridized carbons (Fsp3) is 0.400. The first-order valence-corrected chi connectivity index (χ1v) is 6.61. The Hall–Kier alpha value is -2.24. The zero-order valence-electron chi connectivity index (χ0n) is 12.0. The van der Waals surface area contributed by atoms with Crippen molar-refractivity contribution in [2.45, 2.75) is 32.7 Å². The lowest BCUT2D eigenvalue weighted by Gasteiger charge is -2.24. The predicted octanol–water partition coefficient (Wildman–Crippen LogP) is 2.11. The largest absolute Gasteiger partial charge is 0.480 e. The Morgan fingerprint density at radius 3 is 2.19 bits per heavy atom. The summed E-state index contributed by atoms with van der Waals surface area (Å²) < 4.78 is 12.8. The van der Waals surface area contributed by atoms with Crippen molar-refractivity contribution in [1.29, 1.82) is 0 Å². The number of carbonyl (C=O) groups excluding carboxylic acids is 2. The maximum absolute atomic E-state index is 12.8. The average molecular weight is 295 g/mol. The van der Waals surface area contributed by atoms with Gasteiger partial charge in [-0.2, -0.15) is 0 Å². The molecular weight excluding hydrogens is 277 g/mol. The van der Waals surface area contributed by atoms with Crippen molar-refractivity contribution in [3.05, 3.63) is 35.6 Å². The lowest BCUT2D eigenvalue weighted by atomic mass is 10.1. The third-order valence-electron chi connectivity index (χ3n) is 2.98. The zero-order valence-corrected chi connectivity index (χ0v) is 12.0. The zero-order chi connectivity index (χ0) is 16.0. The molecule has 0 aliphatic heterocycles. The van der Waals surface area contributed by atoms with Crippen molar-refractivity contribution >= 4 is 17.7 Å². The molecule has 0 radical (unpaired) electrons. The molecule has 0 aliphatic carbocycles. The highest BCUT2D eigenvalue weighted by Crippen LogP contribution is 2.10. The van der Waals surface area contributed by atoms with Gasteiger partial charge in [0, 0.05) is 24.4 Å². The molecule has 1 aromatic rings. The van der Waals surface area contributed by atoms with E-state index in [0.717, 1.165) is 0 Å². The molecular formula is C15H18FNO4. The number of carboxylic acid groups (broad SMARTS) is 1. The maximum atomic E-state index is 12.8. The molecule has 1 amide bonds. The average Bonchev–Trinajstić information content (AvgIpc) is 2.42. The van der Waals surface area contributed by atoms with Gasteiger partial charge in [-0.05, 0) is 38.1 Å². The standard InChI is InChI=1S/C15H18FNO4/c1-10(2)17(9-15(20)21)14(19)8-7-13(18)11-3-5-12(16)6-4-11/h3-6,10H,7-9H2,1-2H3,(H,20,21). The molecule has 0 atom stereocenters. The van der Waals surface area contributed by atoms with Gasteiger partial charge in [-0.15, -0.1) is 0 Å². The molecule has 1 N–H and O–H groups in total. The minimum absolute atomic E-state index is 0.0344. The van der Waals surface area contributed by atoms with Crippen molar-refractivity contribution in [2.24, 2.45) is 0 Å². The van der Waals surface area contributed by atoms with E-state index >= 15 is 0 Å². The number of ketones is 1. The normalized spacial score (nSPS) is 10.5. The summed E-state index contributed by atoms with van der Waals surface area (Å²) in [6.07, 6.45) is -0.102. The van der Waals surface area contributed by atoms with Crippen LogP contribution >= 0.6 is 0 Å². The van der Waals surface area contributed by atoms with Crippen LogP contribution in [0.4, 0.5) is 4.39 Å². The predicted molar refractivity (Wildman–Crippen MR) is 74.4 cm³/mol. The molecule has 0 saturated heterocycles. The third-order valence-corrected chi connectivity index (χ3v) is 2.98. The second kappa shape index (κ2) is 7.52. The van der Waals surface area contributed by atoms with Crippen molar-refractivity contribution in [3.8, 4) is 0 Å². The summed E-state index contributed by atoms with van der Waals surface area (Å²) >= 11 is 0. The highest BCUT2D eigenvalue weighted by Gasteiger charge is 2.20. The number of halogens is 1. The molecule has 6 heteroatoms. The molecule has 1 aromatic carbocycles. The number of amides is 1. The van der Waals surface area contributed by atoms with E-state index in [1.807, 2.05) is 0 Å².